The highest BCUT2D eigenvalue weighted by Gasteiger charge is 2.76. The molecule has 1 heterocycles. The first-order valence-electron chi connectivity index (χ1n) is 8.19. The highest BCUT2D eigenvalue weighted by atomic mass is 16.3. The molecule has 1 aliphatic heterocycles. The van der Waals surface area contributed by atoms with Crippen molar-refractivity contribution < 1.29 is 9.90 Å². The molecule has 2 saturated carbocycles. The normalized spacial score (nSPS) is 40.9. The Balaban J connectivity index is 1.97. The monoisotopic (exact) mass is 285 g/mol. The van der Waals surface area contributed by atoms with Crippen LogP contribution in [0.2, 0.25) is 0 Å². The van der Waals surface area contributed by atoms with Crippen molar-refractivity contribution in [3.05, 3.63) is 29.8 Å². The molecular weight excluding hydrogens is 262 g/mol. The van der Waals surface area contributed by atoms with E-state index in [2.05, 4.69) is 6.92 Å². The summed E-state index contributed by atoms with van der Waals surface area (Å²) >= 11 is 0. The number of nitrogens with zero attached hydrogens (tertiary/aromatic N) is 1. The molecule has 0 bridgehead atoms. The third kappa shape index (κ3) is 1.24. The lowest BCUT2D eigenvalue weighted by molar-refractivity contribution is -0.275. The standard InChI is InChI=1S/C18H23NO2/c1-3-17-12-8-4-5-9-13(12)18(17,21)14-10-6-7-11-15(14)19(2)16(17)20/h6-7,10-13,21H,3-5,8-9H2,1-2H3. The van der Waals surface area contributed by atoms with Gasteiger partial charge < -0.3 is 10.0 Å². The second-order valence-corrected chi connectivity index (χ2v) is 6.97. The van der Waals surface area contributed by atoms with E-state index in [4.69, 9.17) is 0 Å². The summed E-state index contributed by atoms with van der Waals surface area (Å²) in [5.74, 6) is 0.726. The van der Waals surface area contributed by atoms with Gasteiger partial charge in [-0.25, -0.2) is 0 Å². The molecule has 1 N–H and O–H groups in total. The van der Waals surface area contributed by atoms with Crippen molar-refractivity contribution >= 4 is 11.6 Å². The minimum Gasteiger partial charge on any atom is -0.384 e. The lowest BCUT2D eigenvalue weighted by Crippen LogP contribution is -2.76. The van der Waals surface area contributed by atoms with E-state index in [1.54, 1.807) is 4.90 Å². The Morgan fingerprint density at radius 1 is 1.24 bits per heavy atom. The van der Waals surface area contributed by atoms with Crippen LogP contribution >= 0.6 is 0 Å². The Kier molecular flexibility index (Phi) is 2.60. The van der Waals surface area contributed by atoms with Crippen molar-refractivity contribution in [1.29, 1.82) is 0 Å². The summed E-state index contributed by atoms with van der Waals surface area (Å²) < 4.78 is 0. The van der Waals surface area contributed by atoms with Crippen LogP contribution in [-0.4, -0.2) is 18.1 Å². The molecule has 3 nitrogen and oxygen atoms in total. The molecule has 3 aliphatic rings. The number of anilines is 1. The van der Waals surface area contributed by atoms with Crippen molar-refractivity contribution in [2.75, 3.05) is 11.9 Å². The molecule has 0 aromatic heterocycles. The Labute approximate surface area is 126 Å². The zero-order valence-electron chi connectivity index (χ0n) is 12.8. The van der Waals surface area contributed by atoms with Gasteiger partial charge in [0.1, 0.15) is 5.60 Å². The summed E-state index contributed by atoms with van der Waals surface area (Å²) in [6.07, 6.45) is 5.23. The van der Waals surface area contributed by atoms with Crippen molar-refractivity contribution in [2.24, 2.45) is 17.3 Å². The third-order valence-electron chi connectivity index (χ3n) is 6.54. The number of amides is 1. The molecule has 4 atom stereocenters. The molecule has 0 saturated heterocycles. The Bertz CT molecular complexity index is 613. The van der Waals surface area contributed by atoms with Gasteiger partial charge in [-0.3, -0.25) is 4.79 Å². The summed E-state index contributed by atoms with van der Waals surface area (Å²) in [7, 11) is 1.86. The van der Waals surface area contributed by atoms with Crippen LogP contribution in [0, 0.1) is 17.3 Å². The average molecular weight is 285 g/mol. The van der Waals surface area contributed by atoms with Gasteiger partial charge in [-0.2, -0.15) is 0 Å². The van der Waals surface area contributed by atoms with Crippen LogP contribution in [0.15, 0.2) is 24.3 Å². The lowest BCUT2D eigenvalue weighted by Gasteiger charge is -2.70. The number of hydrogen-bond acceptors (Lipinski definition) is 2. The first-order chi connectivity index (χ1) is 10.1. The number of benzene rings is 1. The predicted octanol–water partition coefficient (Wildman–Crippen LogP) is 3.07. The quantitative estimate of drug-likeness (QED) is 0.861. The number of fused-ring (bicyclic) bond motifs is 6. The van der Waals surface area contributed by atoms with E-state index in [9.17, 15) is 9.90 Å². The fourth-order valence-corrected chi connectivity index (χ4v) is 5.68. The molecule has 112 valence electrons. The molecule has 1 aromatic carbocycles. The number of aliphatic hydroxyl groups is 1. The molecule has 0 spiro atoms. The lowest BCUT2D eigenvalue weighted by atomic mass is 9.37. The van der Waals surface area contributed by atoms with Gasteiger partial charge in [0.05, 0.1) is 5.41 Å². The first-order valence-corrected chi connectivity index (χ1v) is 8.19. The maximum Gasteiger partial charge on any atom is 0.236 e. The van der Waals surface area contributed by atoms with Gasteiger partial charge in [0.25, 0.3) is 0 Å². The first kappa shape index (κ1) is 13.3. The van der Waals surface area contributed by atoms with Crippen LogP contribution in [0.25, 0.3) is 0 Å². The Hall–Kier alpha value is -1.35. The molecule has 2 aliphatic carbocycles. The minimum atomic E-state index is -0.951. The van der Waals surface area contributed by atoms with Gasteiger partial charge >= 0.3 is 0 Å². The van der Waals surface area contributed by atoms with E-state index in [0.717, 1.165) is 30.5 Å². The van der Waals surface area contributed by atoms with Gasteiger partial charge in [0.15, 0.2) is 0 Å². The third-order valence-corrected chi connectivity index (χ3v) is 6.54. The summed E-state index contributed by atoms with van der Waals surface area (Å²) in [5, 5.41) is 11.7. The number of carbonyl (C=O) groups excluding carboxylic acids is 1. The smallest absolute Gasteiger partial charge is 0.236 e. The van der Waals surface area contributed by atoms with Gasteiger partial charge in [-0.15, -0.1) is 0 Å². The minimum absolute atomic E-state index is 0.120. The van der Waals surface area contributed by atoms with Crippen molar-refractivity contribution in [1.82, 2.24) is 0 Å². The van der Waals surface area contributed by atoms with Crippen molar-refractivity contribution in [2.45, 2.75) is 44.6 Å². The van der Waals surface area contributed by atoms with E-state index < -0.39 is 11.0 Å². The second-order valence-electron chi connectivity index (χ2n) is 6.97. The summed E-state index contributed by atoms with van der Waals surface area (Å²) in [6.45, 7) is 2.06. The van der Waals surface area contributed by atoms with Gasteiger partial charge in [0, 0.05) is 18.3 Å². The number of carbonyl (C=O) groups is 1. The average Bonchev–Trinajstić information content (AvgIpc) is 2.53. The van der Waals surface area contributed by atoms with E-state index >= 15 is 0 Å². The topological polar surface area (TPSA) is 40.5 Å². The van der Waals surface area contributed by atoms with Gasteiger partial charge in [0.2, 0.25) is 5.91 Å². The van der Waals surface area contributed by atoms with E-state index in [1.807, 2.05) is 31.3 Å². The molecule has 1 aromatic rings. The Morgan fingerprint density at radius 2 is 1.90 bits per heavy atom. The van der Waals surface area contributed by atoms with Crippen LogP contribution in [0.4, 0.5) is 5.69 Å². The SMILES string of the molecule is CCC12C(=O)N(C)c3ccccc3C1(O)C1CCCCC12. The highest BCUT2D eigenvalue weighted by molar-refractivity contribution is 6.03. The molecule has 4 unspecified atom stereocenters. The number of rotatable bonds is 1. The number of hydrogen-bond donors (Lipinski definition) is 1. The number of para-hydroxylation sites is 1. The van der Waals surface area contributed by atoms with Crippen LogP contribution in [-0.2, 0) is 10.4 Å². The molecule has 1 amide bonds. The van der Waals surface area contributed by atoms with Gasteiger partial charge in [-0.1, -0.05) is 38.0 Å². The fraction of sp³-hybridized carbons (Fsp3) is 0.611. The van der Waals surface area contributed by atoms with E-state index in [1.165, 1.54) is 12.8 Å². The highest BCUT2D eigenvalue weighted by Crippen LogP contribution is 2.72. The van der Waals surface area contributed by atoms with Gasteiger partial charge in [-0.05, 0) is 37.2 Å². The summed E-state index contributed by atoms with van der Waals surface area (Å²) in [5.41, 5.74) is 0.309. The molecular formula is C18H23NO2. The summed E-state index contributed by atoms with van der Waals surface area (Å²) in [4.78, 5) is 14.9. The maximum atomic E-state index is 13.1. The van der Waals surface area contributed by atoms with E-state index in [0.29, 0.717) is 5.92 Å². The van der Waals surface area contributed by atoms with Crippen LogP contribution in [0.5, 0.6) is 0 Å². The molecule has 21 heavy (non-hydrogen) atoms. The Morgan fingerprint density at radius 3 is 2.62 bits per heavy atom. The fourth-order valence-electron chi connectivity index (χ4n) is 5.68. The van der Waals surface area contributed by atoms with Crippen LogP contribution in [0.1, 0.15) is 44.6 Å². The second kappa shape index (κ2) is 4.10. The molecule has 3 heteroatoms. The van der Waals surface area contributed by atoms with E-state index in [-0.39, 0.29) is 11.8 Å². The van der Waals surface area contributed by atoms with Crippen LogP contribution < -0.4 is 4.90 Å². The zero-order chi connectivity index (χ0) is 14.8. The maximum absolute atomic E-state index is 13.1. The predicted molar refractivity (Wildman–Crippen MR) is 81.9 cm³/mol. The van der Waals surface area contributed by atoms with Crippen molar-refractivity contribution in [3.8, 4) is 0 Å². The zero-order valence-corrected chi connectivity index (χ0v) is 12.8. The van der Waals surface area contributed by atoms with Crippen LogP contribution in [0.3, 0.4) is 0 Å². The largest absolute Gasteiger partial charge is 0.384 e. The summed E-state index contributed by atoms with van der Waals surface area (Å²) in [6, 6.07) is 7.91. The molecule has 2 fully saturated rings. The van der Waals surface area contributed by atoms with Crippen molar-refractivity contribution in [3.63, 3.8) is 0 Å². The molecule has 4 rings (SSSR count). The molecule has 0 radical (unpaired) electrons.